The van der Waals surface area contributed by atoms with Crippen LogP contribution in [0.15, 0.2) is 24.3 Å². The third-order valence-electron chi connectivity index (χ3n) is 4.76. The lowest BCUT2D eigenvalue weighted by atomic mass is 10.1. The van der Waals surface area contributed by atoms with Crippen molar-refractivity contribution in [2.24, 2.45) is 0 Å². The zero-order valence-electron chi connectivity index (χ0n) is 14.0. The molecule has 2 aliphatic heterocycles. The van der Waals surface area contributed by atoms with Crippen LogP contribution in [0.3, 0.4) is 0 Å². The summed E-state index contributed by atoms with van der Waals surface area (Å²) in [5.74, 6) is 0.163. The minimum absolute atomic E-state index is 0.163. The number of hydrogen-bond acceptors (Lipinski definition) is 4. The highest BCUT2D eigenvalue weighted by molar-refractivity contribution is 5.94. The summed E-state index contributed by atoms with van der Waals surface area (Å²) in [7, 11) is 0. The molecule has 0 spiro atoms. The molecule has 1 atom stereocenters. The highest BCUT2D eigenvalue weighted by atomic mass is 16.5. The van der Waals surface area contributed by atoms with E-state index < -0.39 is 0 Å². The standard InChI is InChI=1S/C18H27N3O2/c1-15-3-2-4-16(13-15)18(22)21(17-5-6-19-14-17)8-7-20-9-11-23-12-10-20/h2-4,13,17,19H,5-12,14H2,1H3. The van der Waals surface area contributed by atoms with E-state index in [-0.39, 0.29) is 5.91 Å². The molecule has 1 aromatic rings. The van der Waals surface area contributed by atoms with Gasteiger partial charge >= 0.3 is 0 Å². The molecular weight excluding hydrogens is 290 g/mol. The molecule has 5 heteroatoms. The molecule has 1 N–H and O–H groups in total. The summed E-state index contributed by atoms with van der Waals surface area (Å²) in [4.78, 5) is 17.5. The summed E-state index contributed by atoms with van der Waals surface area (Å²) in [6, 6.07) is 8.23. The Bertz CT molecular complexity index is 523. The molecule has 23 heavy (non-hydrogen) atoms. The lowest BCUT2D eigenvalue weighted by Gasteiger charge is -2.33. The highest BCUT2D eigenvalue weighted by Gasteiger charge is 2.27. The van der Waals surface area contributed by atoms with Gasteiger partial charge in [-0.15, -0.1) is 0 Å². The zero-order chi connectivity index (χ0) is 16.1. The van der Waals surface area contributed by atoms with E-state index >= 15 is 0 Å². The Morgan fingerprint density at radius 1 is 1.39 bits per heavy atom. The van der Waals surface area contributed by atoms with Gasteiger partial charge in [-0.3, -0.25) is 9.69 Å². The van der Waals surface area contributed by atoms with Crippen LogP contribution in [0.25, 0.3) is 0 Å². The second kappa shape index (κ2) is 7.90. The lowest BCUT2D eigenvalue weighted by molar-refractivity contribution is 0.0301. The number of ether oxygens (including phenoxy) is 1. The van der Waals surface area contributed by atoms with Crippen molar-refractivity contribution in [3.8, 4) is 0 Å². The maximum absolute atomic E-state index is 13.0. The molecular formula is C18H27N3O2. The smallest absolute Gasteiger partial charge is 0.254 e. The number of morpholine rings is 1. The van der Waals surface area contributed by atoms with Crippen molar-refractivity contribution in [2.45, 2.75) is 19.4 Å². The minimum atomic E-state index is 0.163. The third kappa shape index (κ3) is 4.31. The first-order valence-corrected chi connectivity index (χ1v) is 8.62. The van der Waals surface area contributed by atoms with Gasteiger partial charge in [-0.25, -0.2) is 0 Å². The fourth-order valence-corrected chi connectivity index (χ4v) is 3.37. The quantitative estimate of drug-likeness (QED) is 0.884. The van der Waals surface area contributed by atoms with Gasteiger partial charge in [0, 0.05) is 44.3 Å². The van der Waals surface area contributed by atoms with Crippen LogP contribution in [0.4, 0.5) is 0 Å². The van der Waals surface area contributed by atoms with Gasteiger partial charge in [-0.1, -0.05) is 17.7 Å². The maximum Gasteiger partial charge on any atom is 0.254 e. The van der Waals surface area contributed by atoms with E-state index in [0.29, 0.717) is 6.04 Å². The Morgan fingerprint density at radius 3 is 2.91 bits per heavy atom. The van der Waals surface area contributed by atoms with Crippen molar-refractivity contribution in [1.82, 2.24) is 15.1 Å². The predicted molar refractivity (Wildman–Crippen MR) is 90.7 cm³/mol. The number of benzene rings is 1. The number of carbonyl (C=O) groups excluding carboxylic acids is 1. The van der Waals surface area contributed by atoms with Gasteiger partial charge in [-0.2, -0.15) is 0 Å². The molecule has 0 bridgehead atoms. The van der Waals surface area contributed by atoms with Crippen LogP contribution in [-0.2, 0) is 4.74 Å². The largest absolute Gasteiger partial charge is 0.379 e. The minimum Gasteiger partial charge on any atom is -0.379 e. The average molecular weight is 317 g/mol. The van der Waals surface area contributed by atoms with Gasteiger partial charge in [0.15, 0.2) is 0 Å². The van der Waals surface area contributed by atoms with Crippen molar-refractivity contribution in [1.29, 1.82) is 0 Å². The summed E-state index contributed by atoms with van der Waals surface area (Å²) < 4.78 is 5.40. The Hall–Kier alpha value is -1.43. The number of nitrogens with zero attached hydrogens (tertiary/aromatic N) is 2. The molecule has 0 saturated carbocycles. The molecule has 2 saturated heterocycles. The van der Waals surface area contributed by atoms with Gasteiger partial charge in [0.25, 0.3) is 5.91 Å². The number of rotatable bonds is 5. The molecule has 1 amide bonds. The summed E-state index contributed by atoms with van der Waals surface area (Å²) in [5.41, 5.74) is 1.94. The molecule has 2 aliphatic rings. The van der Waals surface area contributed by atoms with Gasteiger partial charge in [0.1, 0.15) is 0 Å². The lowest BCUT2D eigenvalue weighted by Crippen LogP contribution is -2.47. The second-order valence-electron chi connectivity index (χ2n) is 6.47. The first-order valence-electron chi connectivity index (χ1n) is 8.62. The van der Waals surface area contributed by atoms with E-state index in [1.54, 1.807) is 0 Å². The number of amides is 1. The van der Waals surface area contributed by atoms with Crippen LogP contribution in [0.5, 0.6) is 0 Å². The molecule has 0 aliphatic carbocycles. The Balaban J connectivity index is 1.68. The molecule has 1 unspecified atom stereocenters. The molecule has 5 nitrogen and oxygen atoms in total. The van der Waals surface area contributed by atoms with Crippen molar-refractivity contribution in [3.63, 3.8) is 0 Å². The van der Waals surface area contributed by atoms with Crippen LogP contribution in [-0.4, -0.2) is 74.2 Å². The fourth-order valence-electron chi connectivity index (χ4n) is 3.37. The van der Waals surface area contributed by atoms with Crippen molar-refractivity contribution >= 4 is 5.91 Å². The van der Waals surface area contributed by atoms with Crippen LogP contribution in [0.2, 0.25) is 0 Å². The summed E-state index contributed by atoms with van der Waals surface area (Å²) >= 11 is 0. The van der Waals surface area contributed by atoms with E-state index in [0.717, 1.165) is 70.0 Å². The number of hydrogen-bond donors (Lipinski definition) is 1. The molecule has 2 fully saturated rings. The molecule has 2 heterocycles. The van der Waals surface area contributed by atoms with Gasteiger partial charge in [0.2, 0.25) is 0 Å². The van der Waals surface area contributed by atoms with Crippen molar-refractivity contribution in [3.05, 3.63) is 35.4 Å². The Labute approximate surface area is 138 Å². The van der Waals surface area contributed by atoms with Gasteiger partial charge < -0.3 is 15.0 Å². The molecule has 0 aromatic heterocycles. The molecule has 1 aromatic carbocycles. The van der Waals surface area contributed by atoms with Crippen molar-refractivity contribution < 1.29 is 9.53 Å². The van der Waals surface area contributed by atoms with E-state index in [4.69, 9.17) is 4.74 Å². The monoisotopic (exact) mass is 317 g/mol. The second-order valence-corrected chi connectivity index (χ2v) is 6.47. The summed E-state index contributed by atoms with van der Waals surface area (Å²) in [6.07, 6.45) is 1.04. The molecule has 0 radical (unpaired) electrons. The van der Waals surface area contributed by atoms with E-state index in [2.05, 4.69) is 15.1 Å². The van der Waals surface area contributed by atoms with Crippen LogP contribution in [0, 0.1) is 6.92 Å². The van der Waals surface area contributed by atoms with Crippen molar-refractivity contribution in [2.75, 3.05) is 52.5 Å². The van der Waals surface area contributed by atoms with E-state index in [9.17, 15) is 4.79 Å². The topological polar surface area (TPSA) is 44.8 Å². The third-order valence-corrected chi connectivity index (χ3v) is 4.76. The molecule has 3 rings (SSSR count). The van der Waals surface area contributed by atoms with Crippen LogP contribution >= 0.6 is 0 Å². The summed E-state index contributed by atoms with van der Waals surface area (Å²) in [6.45, 7) is 9.20. The SMILES string of the molecule is Cc1cccc(C(=O)N(CCN2CCOCC2)C2CCNC2)c1. The zero-order valence-corrected chi connectivity index (χ0v) is 14.0. The Kier molecular flexibility index (Phi) is 5.65. The average Bonchev–Trinajstić information content (AvgIpc) is 3.10. The van der Waals surface area contributed by atoms with E-state index in [1.165, 1.54) is 0 Å². The maximum atomic E-state index is 13.0. The number of aryl methyl sites for hydroxylation is 1. The Morgan fingerprint density at radius 2 is 2.22 bits per heavy atom. The first-order chi connectivity index (χ1) is 11.2. The predicted octanol–water partition coefficient (Wildman–Crippen LogP) is 1.13. The normalized spacial score (nSPS) is 22.2. The molecule has 126 valence electrons. The van der Waals surface area contributed by atoms with Crippen LogP contribution in [0.1, 0.15) is 22.3 Å². The van der Waals surface area contributed by atoms with Gasteiger partial charge in [0.05, 0.1) is 13.2 Å². The number of carbonyl (C=O) groups is 1. The fraction of sp³-hybridized carbons (Fsp3) is 0.611. The van der Waals surface area contributed by atoms with Crippen LogP contribution < -0.4 is 5.32 Å². The van der Waals surface area contributed by atoms with Gasteiger partial charge in [-0.05, 0) is 32.0 Å². The van der Waals surface area contributed by atoms with E-state index in [1.807, 2.05) is 31.2 Å². The first kappa shape index (κ1) is 16.4. The highest BCUT2D eigenvalue weighted by Crippen LogP contribution is 2.15. The number of nitrogens with one attached hydrogen (secondary N) is 1. The summed E-state index contributed by atoms with van der Waals surface area (Å²) in [5, 5.41) is 3.38.